The van der Waals surface area contributed by atoms with Crippen molar-refractivity contribution in [2.24, 2.45) is 9.98 Å². The van der Waals surface area contributed by atoms with E-state index in [-0.39, 0.29) is 0 Å². The average molecular weight is 641 g/mol. The number of rotatable bonds is 4. The number of fused-ring (bicyclic) bond motifs is 6. The van der Waals surface area contributed by atoms with Crippen LogP contribution in [-0.4, -0.2) is 20.9 Å². The number of para-hydroxylation sites is 3. The SMILES string of the molecule is c1ccc(C2=NC(n3c4ccccc4c4cc(-c5ccc6c(c5)c5ccccc5n6-c5ccccc5)ccc43)=NC(c3ccccc3)[N-]2)cc1. The van der Waals surface area contributed by atoms with Gasteiger partial charge in [-0.3, -0.25) is 9.56 Å². The summed E-state index contributed by atoms with van der Waals surface area (Å²) < 4.78 is 4.55. The summed E-state index contributed by atoms with van der Waals surface area (Å²) in [7, 11) is 0. The molecule has 3 heterocycles. The van der Waals surface area contributed by atoms with Gasteiger partial charge in [-0.2, -0.15) is 0 Å². The predicted octanol–water partition coefficient (Wildman–Crippen LogP) is 11.3. The zero-order valence-electron chi connectivity index (χ0n) is 27.1. The highest BCUT2D eigenvalue weighted by Gasteiger charge is 2.19. The maximum absolute atomic E-state index is 5.16. The van der Waals surface area contributed by atoms with Gasteiger partial charge in [0, 0.05) is 27.2 Å². The molecule has 9 aromatic rings. The van der Waals surface area contributed by atoms with Crippen LogP contribution >= 0.6 is 0 Å². The Hall–Kier alpha value is -6.72. The molecule has 10 rings (SSSR count). The van der Waals surface area contributed by atoms with Crippen LogP contribution in [0.5, 0.6) is 0 Å². The van der Waals surface area contributed by atoms with Crippen LogP contribution in [0.3, 0.4) is 0 Å². The van der Waals surface area contributed by atoms with E-state index in [1.807, 2.05) is 36.4 Å². The number of aromatic nitrogens is 2. The normalized spacial score (nSPS) is 14.6. The van der Waals surface area contributed by atoms with Crippen LogP contribution in [0.25, 0.3) is 65.7 Å². The third-order valence-corrected chi connectivity index (χ3v) is 9.71. The molecular weight excluding hydrogens is 611 g/mol. The van der Waals surface area contributed by atoms with E-state index >= 15 is 0 Å². The molecule has 1 unspecified atom stereocenters. The van der Waals surface area contributed by atoms with E-state index in [1.54, 1.807) is 0 Å². The fourth-order valence-electron chi connectivity index (χ4n) is 7.39. The Morgan fingerprint density at radius 3 is 1.56 bits per heavy atom. The van der Waals surface area contributed by atoms with E-state index in [1.165, 1.54) is 27.4 Å². The van der Waals surface area contributed by atoms with Gasteiger partial charge < -0.3 is 14.9 Å². The van der Waals surface area contributed by atoms with Gasteiger partial charge >= 0.3 is 0 Å². The number of hydrogen-bond donors (Lipinski definition) is 0. The summed E-state index contributed by atoms with van der Waals surface area (Å²) >= 11 is 0. The highest BCUT2D eigenvalue weighted by atomic mass is 15.3. The van der Waals surface area contributed by atoms with Gasteiger partial charge in [0.05, 0.1) is 28.2 Å². The van der Waals surface area contributed by atoms with Crippen LogP contribution < -0.4 is 0 Å². The first kappa shape index (κ1) is 28.3. The van der Waals surface area contributed by atoms with Gasteiger partial charge in [0.1, 0.15) is 5.96 Å². The van der Waals surface area contributed by atoms with Gasteiger partial charge in [-0.25, -0.2) is 0 Å². The van der Waals surface area contributed by atoms with E-state index in [0.717, 1.165) is 44.2 Å². The smallest absolute Gasteiger partial charge is 0.123 e. The van der Waals surface area contributed by atoms with Crippen LogP contribution in [0.15, 0.2) is 186 Å². The first-order chi connectivity index (χ1) is 24.8. The van der Waals surface area contributed by atoms with Crippen molar-refractivity contribution >= 4 is 55.4 Å². The summed E-state index contributed by atoms with van der Waals surface area (Å²) in [6.07, 6.45) is -0.404. The number of hydrogen-bond acceptors (Lipinski definition) is 2. The van der Waals surface area contributed by atoms with Gasteiger partial charge in [-0.05, 0) is 70.8 Å². The van der Waals surface area contributed by atoms with Gasteiger partial charge in [0.2, 0.25) is 0 Å². The third-order valence-electron chi connectivity index (χ3n) is 9.71. The Morgan fingerprint density at radius 1 is 0.420 bits per heavy atom. The lowest BCUT2D eigenvalue weighted by atomic mass is 10.0. The van der Waals surface area contributed by atoms with Crippen molar-refractivity contribution in [3.8, 4) is 16.8 Å². The number of benzene rings is 7. The summed E-state index contributed by atoms with van der Waals surface area (Å²) in [5, 5.41) is 9.80. The lowest BCUT2D eigenvalue weighted by Gasteiger charge is -2.32. The second-order valence-corrected chi connectivity index (χ2v) is 12.6. The second kappa shape index (κ2) is 11.5. The summed E-state index contributed by atoms with van der Waals surface area (Å²) in [5.74, 6) is 1.30. The molecule has 2 aromatic heterocycles. The van der Waals surface area contributed by atoms with Crippen molar-refractivity contribution in [2.45, 2.75) is 6.17 Å². The molecule has 0 amide bonds. The van der Waals surface area contributed by atoms with Crippen LogP contribution in [0.4, 0.5) is 0 Å². The van der Waals surface area contributed by atoms with Crippen molar-refractivity contribution in [2.75, 3.05) is 0 Å². The fraction of sp³-hybridized carbons (Fsp3) is 0.0222. The number of amidine groups is 1. The molecule has 0 radical (unpaired) electrons. The summed E-state index contributed by atoms with van der Waals surface area (Å²) in [6.45, 7) is 0. The third kappa shape index (κ3) is 4.55. The Morgan fingerprint density at radius 2 is 0.920 bits per heavy atom. The molecule has 0 spiro atoms. The van der Waals surface area contributed by atoms with Crippen molar-refractivity contribution in [1.82, 2.24) is 9.13 Å². The summed E-state index contributed by atoms with van der Waals surface area (Å²) in [6, 6.07) is 61.8. The van der Waals surface area contributed by atoms with Crippen molar-refractivity contribution in [3.63, 3.8) is 0 Å². The minimum Gasteiger partial charge on any atom is -0.438 e. The van der Waals surface area contributed by atoms with E-state index in [9.17, 15) is 0 Å². The maximum atomic E-state index is 5.16. The topological polar surface area (TPSA) is 48.7 Å². The molecule has 50 heavy (non-hydrogen) atoms. The minimum atomic E-state index is -0.404. The molecule has 0 bridgehead atoms. The quantitative estimate of drug-likeness (QED) is 0.184. The van der Waals surface area contributed by atoms with Crippen LogP contribution in [-0.2, 0) is 0 Å². The van der Waals surface area contributed by atoms with Crippen LogP contribution in [0, 0.1) is 0 Å². The monoisotopic (exact) mass is 640 g/mol. The average Bonchev–Trinajstić information content (AvgIpc) is 3.71. The predicted molar refractivity (Wildman–Crippen MR) is 208 cm³/mol. The van der Waals surface area contributed by atoms with Crippen LogP contribution in [0.1, 0.15) is 17.3 Å². The fourth-order valence-corrected chi connectivity index (χ4v) is 7.39. The Balaban J connectivity index is 1.15. The van der Waals surface area contributed by atoms with Gasteiger partial charge in [0.15, 0.2) is 0 Å². The van der Waals surface area contributed by atoms with E-state index < -0.39 is 6.17 Å². The first-order valence-corrected chi connectivity index (χ1v) is 16.9. The lowest BCUT2D eigenvalue weighted by molar-refractivity contribution is 0.864. The van der Waals surface area contributed by atoms with Gasteiger partial charge in [0.25, 0.3) is 0 Å². The zero-order valence-corrected chi connectivity index (χ0v) is 27.1. The standard InChI is InChI=1S/C45H30N5/c1-4-14-30(15-5-1)43-46-44(31-16-6-2-7-17-31)48-45(47-43)50-40-23-13-11-21-36(40)38-29-33(25-27-42(38)50)32-24-26-41-37(28-32)35-20-10-12-22-39(35)49(41)34-18-8-3-9-19-34/h1-29,43H/q-1. The molecule has 236 valence electrons. The molecule has 1 aliphatic rings. The Kier molecular flexibility index (Phi) is 6.49. The Labute approximate surface area is 289 Å². The van der Waals surface area contributed by atoms with Crippen molar-refractivity contribution in [3.05, 3.63) is 192 Å². The zero-order chi connectivity index (χ0) is 33.0. The molecule has 0 saturated heterocycles. The summed E-state index contributed by atoms with van der Waals surface area (Å²) in [5.41, 5.74) is 10.0. The van der Waals surface area contributed by atoms with Crippen molar-refractivity contribution < 1.29 is 0 Å². The Bertz CT molecular complexity index is 2770. The van der Waals surface area contributed by atoms with E-state index in [4.69, 9.17) is 15.3 Å². The molecule has 5 heteroatoms. The molecule has 0 aliphatic carbocycles. The summed E-state index contributed by atoms with van der Waals surface area (Å²) in [4.78, 5) is 10.3. The molecule has 1 aliphatic heterocycles. The highest BCUT2D eigenvalue weighted by Crippen LogP contribution is 2.38. The van der Waals surface area contributed by atoms with E-state index in [0.29, 0.717) is 11.8 Å². The largest absolute Gasteiger partial charge is 0.438 e. The van der Waals surface area contributed by atoms with Crippen LogP contribution in [0.2, 0.25) is 0 Å². The highest BCUT2D eigenvalue weighted by molar-refractivity contribution is 6.20. The first-order valence-electron chi connectivity index (χ1n) is 16.9. The number of aliphatic imine (C=N–C) groups is 2. The molecule has 1 atom stereocenters. The molecule has 0 fully saturated rings. The van der Waals surface area contributed by atoms with E-state index in [2.05, 4.69) is 149 Å². The van der Waals surface area contributed by atoms with Crippen molar-refractivity contribution in [1.29, 1.82) is 0 Å². The second-order valence-electron chi connectivity index (χ2n) is 12.6. The molecule has 7 aromatic carbocycles. The number of nitrogens with zero attached hydrogens (tertiary/aromatic N) is 5. The molecular formula is C45H30N5-. The molecule has 0 N–H and O–H groups in total. The lowest BCUT2D eigenvalue weighted by Crippen LogP contribution is -2.20. The minimum absolute atomic E-state index is 0.404. The molecule has 0 saturated carbocycles. The molecule has 5 nitrogen and oxygen atoms in total. The maximum Gasteiger partial charge on any atom is 0.123 e. The van der Waals surface area contributed by atoms with Gasteiger partial charge in [-0.1, -0.05) is 133 Å². The van der Waals surface area contributed by atoms with Gasteiger partial charge in [-0.15, -0.1) is 0 Å².